The van der Waals surface area contributed by atoms with Crippen molar-refractivity contribution in [1.82, 2.24) is 9.55 Å². The lowest BCUT2D eigenvalue weighted by molar-refractivity contribution is -0.115. The molecule has 0 radical (unpaired) electrons. The smallest absolute Gasteiger partial charge is 0.237 e. The van der Waals surface area contributed by atoms with E-state index in [0.29, 0.717) is 11.3 Å². The number of fused-ring (bicyclic) bond motifs is 1. The van der Waals surface area contributed by atoms with Crippen LogP contribution in [0.3, 0.4) is 0 Å². The fraction of sp³-hybridized carbons (Fsp3) is 0.250. The van der Waals surface area contributed by atoms with E-state index >= 15 is 0 Å². The Bertz CT molecular complexity index is 947. The molecule has 134 valence electrons. The molecule has 0 aliphatic carbocycles. The van der Waals surface area contributed by atoms with Crippen molar-refractivity contribution in [1.29, 1.82) is 0 Å². The van der Waals surface area contributed by atoms with Crippen molar-refractivity contribution in [2.45, 2.75) is 37.7 Å². The Morgan fingerprint density at radius 2 is 1.85 bits per heavy atom. The Morgan fingerprint density at radius 3 is 2.50 bits per heavy atom. The van der Waals surface area contributed by atoms with Crippen LogP contribution in [0.25, 0.3) is 11.0 Å². The van der Waals surface area contributed by atoms with Crippen LogP contribution >= 0.6 is 11.8 Å². The summed E-state index contributed by atoms with van der Waals surface area (Å²) in [6.07, 6.45) is 0. The molecule has 0 spiro atoms. The van der Waals surface area contributed by atoms with E-state index in [2.05, 4.69) is 21.8 Å². The van der Waals surface area contributed by atoms with Gasteiger partial charge in [0.2, 0.25) is 5.91 Å². The normalized spacial score (nSPS) is 12.1. The average Bonchev–Trinajstić information content (AvgIpc) is 2.99. The molecule has 1 atom stereocenters. The molecule has 0 bridgehead atoms. The van der Waals surface area contributed by atoms with Crippen molar-refractivity contribution < 1.29 is 9.59 Å². The number of imidazole rings is 1. The summed E-state index contributed by atoms with van der Waals surface area (Å²) < 4.78 is 2.12. The molecule has 0 saturated carbocycles. The maximum atomic E-state index is 12.5. The molecule has 26 heavy (non-hydrogen) atoms. The quantitative estimate of drug-likeness (QED) is 0.519. The first kappa shape index (κ1) is 18.2. The van der Waals surface area contributed by atoms with Gasteiger partial charge in [0, 0.05) is 17.8 Å². The predicted molar refractivity (Wildman–Crippen MR) is 106 cm³/mol. The van der Waals surface area contributed by atoms with Crippen molar-refractivity contribution in [3.8, 4) is 0 Å². The van der Waals surface area contributed by atoms with Gasteiger partial charge in [0.15, 0.2) is 10.9 Å². The highest BCUT2D eigenvalue weighted by atomic mass is 32.2. The van der Waals surface area contributed by atoms with Gasteiger partial charge in [-0.25, -0.2) is 4.98 Å². The molecule has 0 aliphatic rings. The highest BCUT2D eigenvalue weighted by molar-refractivity contribution is 8.00. The monoisotopic (exact) mass is 367 g/mol. The molecule has 1 unspecified atom stereocenters. The van der Waals surface area contributed by atoms with E-state index in [1.807, 2.05) is 31.2 Å². The van der Waals surface area contributed by atoms with Crippen LogP contribution in [0.15, 0.2) is 53.7 Å². The predicted octanol–water partition coefficient (Wildman–Crippen LogP) is 4.38. The first-order chi connectivity index (χ1) is 12.5. The number of aromatic nitrogens is 2. The third-order valence-corrected chi connectivity index (χ3v) is 5.24. The number of ketones is 1. The molecule has 1 amide bonds. The molecule has 0 fully saturated rings. The molecule has 3 rings (SSSR count). The zero-order valence-corrected chi connectivity index (χ0v) is 15.8. The van der Waals surface area contributed by atoms with Crippen LogP contribution in [0.1, 0.15) is 31.1 Å². The highest BCUT2D eigenvalue weighted by Crippen LogP contribution is 2.27. The van der Waals surface area contributed by atoms with E-state index in [1.54, 1.807) is 24.3 Å². The molecular formula is C20H21N3O2S. The summed E-state index contributed by atoms with van der Waals surface area (Å²) in [4.78, 5) is 28.5. The van der Waals surface area contributed by atoms with Crippen LogP contribution in [-0.2, 0) is 11.3 Å². The summed E-state index contributed by atoms with van der Waals surface area (Å²) in [7, 11) is 0. The van der Waals surface area contributed by atoms with Gasteiger partial charge in [-0.1, -0.05) is 23.9 Å². The number of carbonyl (C=O) groups is 2. The van der Waals surface area contributed by atoms with Gasteiger partial charge in [0.1, 0.15) is 0 Å². The van der Waals surface area contributed by atoms with Crippen molar-refractivity contribution in [3.63, 3.8) is 0 Å². The molecule has 2 aromatic carbocycles. The fourth-order valence-corrected chi connectivity index (χ4v) is 3.68. The number of Topliss-reactive ketones (excluding diaryl/α,β-unsaturated/α-hetero) is 1. The second-order valence-electron chi connectivity index (χ2n) is 6.01. The van der Waals surface area contributed by atoms with E-state index in [1.165, 1.54) is 18.7 Å². The molecule has 6 heteroatoms. The van der Waals surface area contributed by atoms with E-state index in [-0.39, 0.29) is 16.9 Å². The topological polar surface area (TPSA) is 64.0 Å². The maximum absolute atomic E-state index is 12.5. The van der Waals surface area contributed by atoms with Crippen molar-refractivity contribution in [3.05, 3.63) is 54.1 Å². The lowest BCUT2D eigenvalue weighted by atomic mass is 10.1. The number of aryl methyl sites for hydroxylation is 1. The largest absolute Gasteiger partial charge is 0.325 e. The van der Waals surface area contributed by atoms with Gasteiger partial charge in [-0.15, -0.1) is 0 Å². The third kappa shape index (κ3) is 3.80. The zero-order chi connectivity index (χ0) is 18.7. The molecule has 1 heterocycles. The average molecular weight is 367 g/mol. The van der Waals surface area contributed by atoms with Crippen LogP contribution in [0.4, 0.5) is 5.69 Å². The molecule has 5 nitrogen and oxygen atoms in total. The molecule has 1 aromatic heterocycles. The second-order valence-corrected chi connectivity index (χ2v) is 7.32. The van der Waals surface area contributed by atoms with Crippen LogP contribution < -0.4 is 5.32 Å². The Balaban J connectivity index is 1.72. The number of nitrogens with one attached hydrogen (secondary N) is 1. The number of amides is 1. The summed E-state index contributed by atoms with van der Waals surface area (Å²) in [6, 6.07) is 14.9. The molecular weight excluding hydrogens is 346 g/mol. The summed E-state index contributed by atoms with van der Waals surface area (Å²) >= 11 is 1.44. The minimum absolute atomic E-state index is 0.00488. The van der Waals surface area contributed by atoms with Crippen LogP contribution in [0, 0.1) is 0 Å². The number of para-hydroxylation sites is 2. The van der Waals surface area contributed by atoms with Crippen molar-refractivity contribution in [2.24, 2.45) is 0 Å². The number of hydrogen-bond acceptors (Lipinski definition) is 4. The number of hydrogen-bond donors (Lipinski definition) is 1. The van der Waals surface area contributed by atoms with Gasteiger partial charge in [-0.2, -0.15) is 0 Å². The number of nitrogens with zero attached hydrogens (tertiary/aromatic N) is 2. The molecule has 0 aliphatic heterocycles. The zero-order valence-electron chi connectivity index (χ0n) is 15.0. The van der Waals surface area contributed by atoms with Crippen molar-refractivity contribution >= 4 is 40.2 Å². The first-order valence-corrected chi connectivity index (χ1v) is 9.41. The summed E-state index contributed by atoms with van der Waals surface area (Å²) in [6.45, 7) is 6.25. The van der Waals surface area contributed by atoms with E-state index in [9.17, 15) is 9.59 Å². The fourth-order valence-electron chi connectivity index (χ4n) is 2.69. The highest BCUT2D eigenvalue weighted by Gasteiger charge is 2.19. The Hall–Kier alpha value is -2.60. The van der Waals surface area contributed by atoms with Gasteiger partial charge in [0.25, 0.3) is 0 Å². The second kappa shape index (κ2) is 7.74. The van der Waals surface area contributed by atoms with Crippen LogP contribution in [0.2, 0.25) is 0 Å². The summed E-state index contributed by atoms with van der Waals surface area (Å²) in [5.74, 6) is -0.0921. The van der Waals surface area contributed by atoms with Gasteiger partial charge >= 0.3 is 0 Å². The number of carbonyl (C=O) groups excluding carboxylic acids is 2. The van der Waals surface area contributed by atoms with Gasteiger partial charge in [0.05, 0.1) is 16.3 Å². The third-order valence-electron chi connectivity index (χ3n) is 4.15. The van der Waals surface area contributed by atoms with Crippen LogP contribution in [-0.4, -0.2) is 26.5 Å². The van der Waals surface area contributed by atoms with E-state index in [0.717, 1.165) is 22.7 Å². The summed E-state index contributed by atoms with van der Waals surface area (Å²) in [5, 5.41) is 3.43. The van der Waals surface area contributed by atoms with Gasteiger partial charge in [-0.3, -0.25) is 9.59 Å². The standard InChI is InChI=1S/C20H21N3O2S/c1-4-23-18-8-6-5-7-17(18)22-20(23)26-14(3)19(25)21-16-11-9-15(10-12-16)13(2)24/h5-12,14H,4H2,1-3H3,(H,21,25). The Kier molecular flexibility index (Phi) is 5.42. The molecule has 0 saturated heterocycles. The van der Waals surface area contributed by atoms with Gasteiger partial charge in [-0.05, 0) is 57.2 Å². The lowest BCUT2D eigenvalue weighted by Crippen LogP contribution is -2.22. The van der Waals surface area contributed by atoms with Crippen LogP contribution in [0.5, 0.6) is 0 Å². The van der Waals surface area contributed by atoms with E-state index in [4.69, 9.17) is 0 Å². The SMILES string of the molecule is CCn1c(SC(C)C(=O)Nc2ccc(C(C)=O)cc2)nc2ccccc21. The lowest BCUT2D eigenvalue weighted by Gasteiger charge is -2.13. The maximum Gasteiger partial charge on any atom is 0.237 e. The number of benzene rings is 2. The van der Waals surface area contributed by atoms with Crippen molar-refractivity contribution in [2.75, 3.05) is 5.32 Å². The Morgan fingerprint density at radius 1 is 1.15 bits per heavy atom. The Labute approximate surface area is 156 Å². The minimum atomic E-state index is -0.301. The van der Waals surface area contributed by atoms with Gasteiger partial charge < -0.3 is 9.88 Å². The van der Waals surface area contributed by atoms with E-state index < -0.39 is 0 Å². The number of rotatable bonds is 6. The minimum Gasteiger partial charge on any atom is -0.325 e. The first-order valence-electron chi connectivity index (χ1n) is 8.53. The molecule has 1 N–H and O–H groups in total. The summed E-state index contributed by atoms with van der Waals surface area (Å²) in [5.41, 5.74) is 3.31. The number of thioether (sulfide) groups is 1. The number of anilines is 1. The molecule has 3 aromatic rings.